The van der Waals surface area contributed by atoms with Crippen LogP contribution in [0, 0.1) is 6.92 Å². The van der Waals surface area contributed by atoms with Gasteiger partial charge < -0.3 is 5.32 Å². The van der Waals surface area contributed by atoms with Crippen molar-refractivity contribution < 1.29 is 4.79 Å². The van der Waals surface area contributed by atoms with Crippen LogP contribution in [0.25, 0.3) is 20.2 Å². The number of nitrogens with one attached hydrogen (secondary N) is 1. The zero-order valence-electron chi connectivity index (χ0n) is 17.6. The molecule has 1 N–H and O–H groups in total. The average Bonchev–Trinajstić information content (AvgIpc) is 3.18. The summed E-state index contributed by atoms with van der Waals surface area (Å²) in [7, 11) is 0. The Morgan fingerprint density at radius 3 is 2.90 bits per heavy atom. The Morgan fingerprint density at radius 2 is 2.00 bits per heavy atom. The van der Waals surface area contributed by atoms with Gasteiger partial charge >= 0.3 is 0 Å². The van der Waals surface area contributed by atoms with Gasteiger partial charge in [-0.05, 0) is 49.8 Å². The molecule has 1 aliphatic carbocycles. The van der Waals surface area contributed by atoms with E-state index in [2.05, 4.69) is 28.6 Å². The Labute approximate surface area is 184 Å². The number of aromatic nitrogens is 2. The van der Waals surface area contributed by atoms with E-state index in [9.17, 15) is 9.59 Å². The second kappa shape index (κ2) is 8.27. The van der Waals surface area contributed by atoms with Crippen LogP contribution >= 0.6 is 11.3 Å². The van der Waals surface area contributed by atoms with Crippen LogP contribution in [0.4, 0.5) is 0 Å². The number of rotatable bonds is 5. The van der Waals surface area contributed by atoms with Gasteiger partial charge in [-0.25, -0.2) is 4.68 Å². The molecule has 6 heteroatoms. The number of benzene rings is 2. The molecule has 1 atom stereocenters. The van der Waals surface area contributed by atoms with Crippen molar-refractivity contribution in [3.05, 3.63) is 75.7 Å². The van der Waals surface area contributed by atoms with Crippen LogP contribution in [0.15, 0.2) is 53.3 Å². The molecule has 31 heavy (non-hydrogen) atoms. The Morgan fingerprint density at radius 1 is 1.19 bits per heavy atom. The van der Waals surface area contributed by atoms with Crippen molar-refractivity contribution in [1.29, 1.82) is 0 Å². The number of fused-ring (bicyclic) bond motifs is 4. The summed E-state index contributed by atoms with van der Waals surface area (Å²) in [5.41, 5.74) is 3.37. The number of carbonyl (C=O) groups is 1. The number of hydrogen-bond acceptors (Lipinski definition) is 4. The second-order valence-electron chi connectivity index (χ2n) is 8.23. The van der Waals surface area contributed by atoms with Gasteiger partial charge in [-0.1, -0.05) is 42.5 Å². The van der Waals surface area contributed by atoms with Crippen LogP contribution in [-0.4, -0.2) is 15.7 Å². The Kier molecular flexibility index (Phi) is 5.32. The summed E-state index contributed by atoms with van der Waals surface area (Å²) in [6.45, 7) is 2.38. The molecule has 0 fully saturated rings. The number of hydrogen-bond donors (Lipinski definition) is 1. The minimum absolute atomic E-state index is 0.0357. The van der Waals surface area contributed by atoms with Crippen molar-refractivity contribution in [1.82, 2.24) is 15.1 Å². The molecule has 1 aliphatic rings. The SMILES string of the molecule is Cc1nn(CCCC(=O)NC2CCCc3ccccc32)c(=O)c2c1sc1ccccc12. The molecular formula is C25H25N3O2S. The maximum Gasteiger partial charge on any atom is 0.276 e. The quantitative estimate of drug-likeness (QED) is 0.489. The monoisotopic (exact) mass is 431 g/mol. The first-order valence-corrected chi connectivity index (χ1v) is 11.7. The van der Waals surface area contributed by atoms with Crippen molar-refractivity contribution in [2.45, 2.75) is 51.6 Å². The maximum atomic E-state index is 13.1. The minimum Gasteiger partial charge on any atom is -0.349 e. The van der Waals surface area contributed by atoms with Crippen LogP contribution in [0.2, 0.25) is 0 Å². The zero-order chi connectivity index (χ0) is 21.4. The van der Waals surface area contributed by atoms with Gasteiger partial charge in [0.1, 0.15) is 0 Å². The fraction of sp³-hybridized carbons (Fsp3) is 0.320. The van der Waals surface area contributed by atoms with E-state index in [1.165, 1.54) is 15.8 Å². The summed E-state index contributed by atoms with van der Waals surface area (Å²) in [5.74, 6) is 0.0357. The highest BCUT2D eigenvalue weighted by atomic mass is 32.1. The highest BCUT2D eigenvalue weighted by Crippen LogP contribution is 2.32. The topological polar surface area (TPSA) is 64.0 Å². The lowest BCUT2D eigenvalue weighted by Gasteiger charge is -2.26. The lowest BCUT2D eigenvalue weighted by molar-refractivity contribution is -0.122. The summed E-state index contributed by atoms with van der Waals surface area (Å²) in [5, 5.41) is 9.45. The van der Waals surface area contributed by atoms with Crippen molar-refractivity contribution in [3.63, 3.8) is 0 Å². The highest BCUT2D eigenvalue weighted by Gasteiger charge is 2.21. The molecule has 0 radical (unpaired) electrons. The molecule has 0 aliphatic heterocycles. The van der Waals surface area contributed by atoms with Gasteiger partial charge in [-0.15, -0.1) is 11.3 Å². The molecule has 2 aromatic carbocycles. The number of nitrogens with zero attached hydrogens (tertiary/aromatic N) is 2. The van der Waals surface area contributed by atoms with E-state index in [-0.39, 0.29) is 17.5 Å². The summed E-state index contributed by atoms with van der Waals surface area (Å²) >= 11 is 1.61. The van der Waals surface area contributed by atoms with E-state index >= 15 is 0 Å². The molecule has 5 nitrogen and oxygen atoms in total. The number of carbonyl (C=O) groups excluding carboxylic acids is 1. The van der Waals surface area contributed by atoms with E-state index in [0.717, 1.165) is 45.1 Å². The Bertz CT molecular complexity index is 1340. The van der Waals surface area contributed by atoms with Gasteiger partial charge in [0, 0.05) is 23.1 Å². The molecule has 4 aromatic rings. The van der Waals surface area contributed by atoms with E-state index < -0.39 is 0 Å². The number of thiophene rings is 1. The first-order valence-electron chi connectivity index (χ1n) is 10.9. The van der Waals surface area contributed by atoms with Crippen LogP contribution in [0.5, 0.6) is 0 Å². The van der Waals surface area contributed by atoms with Gasteiger partial charge in [-0.3, -0.25) is 9.59 Å². The molecular weight excluding hydrogens is 406 g/mol. The highest BCUT2D eigenvalue weighted by molar-refractivity contribution is 7.26. The fourth-order valence-electron chi connectivity index (χ4n) is 4.62. The normalized spacial score (nSPS) is 15.8. The van der Waals surface area contributed by atoms with Crippen LogP contribution in [-0.2, 0) is 17.8 Å². The first-order chi connectivity index (χ1) is 15.1. The molecule has 5 rings (SSSR count). The number of aryl methyl sites for hydroxylation is 3. The Hall–Kier alpha value is -2.99. The lowest BCUT2D eigenvalue weighted by Crippen LogP contribution is -2.31. The average molecular weight is 432 g/mol. The van der Waals surface area contributed by atoms with Crippen LogP contribution in [0.3, 0.4) is 0 Å². The molecule has 0 spiro atoms. The summed E-state index contributed by atoms with van der Waals surface area (Å²) in [6.07, 6.45) is 4.12. The van der Waals surface area contributed by atoms with Crippen LogP contribution < -0.4 is 10.9 Å². The Balaban J connectivity index is 1.29. The maximum absolute atomic E-state index is 13.1. The predicted octanol–water partition coefficient (Wildman–Crippen LogP) is 4.89. The van der Waals surface area contributed by atoms with Crippen molar-refractivity contribution in [3.8, 4) is 0 Å². The minimum atomic E-state index is -0.0698. The standard InChI is InChI=1S/C25H25N3O2S/c1-16-24-23(19-11-4-5-13-21(19)31-24)25(30)28(27-16)15-7-14-22(29)26-20-12-6-9-17-8-2-3-10-18(17)20/h2-5,8,10-11,13,20H,6-7,9,12,14-15H2,1H3,(H,26,29). The molecule has 0 bridgehead atoms. The fourth-order valence-corrected chi connectivity index (χ4v) is 5.76. The third kappa shape index (κ3) is 3.76. The van der Waals surface area contributed by atoms with Gasteiger partial charge in [0.2, 0.25) is 5.91 Å². The van der Waals surface area contributed by atoms with Gasteiger partial charge in [0.15, 0.2) is 0 Å². The molecule has 2 aromatic heterocycles. The van der Waals surface area contributed by atoms with E-state index in [1.807, 2.05) is 37.3 Å². The van der Waals surface area contributed by atoms with E-state index in [0.29, 0.717) is 19.4 Å². The third-order valence-corrected chi connectivity index (χ3v) is 7.40. The third-order valence-electron chi connectivity index (χ3n) is 6.12. The number of amides is 1. The smallest absolute Gasteiger partial charge is 0.276 e. The van der Waals surface area contributed by atoms with Gasteiger partial charge in [0.05, 0.1) is 21.8 Å². The molecule has 1 amide bonds. The van der Waals surface area contributed by atoms with Crippen molar-refractivity contribution in [2.75, 3.05) is 0 Å². The molecule has 158 valence electrons. The largest absolute Gasteiger partial charge is 0.349 e. The first kappa shape index (κ1) is 19.9. The van der Waals surface area contributed by atoms with Crippen molar-refractivity contribution >= 4 is 37.4 Å². The van der Waals surface area contributed by atoms with Gasteiger partial charge in [0.25, 0.3) is 5.56 Å². The van der Waals surface area contributed by atoms with E-state index in [1.54, 1.807) is 11.3 Å². The molecule has 2 heterocycles. The predicted molar refractivity (Wildman–Crippen MR) is 126 cm³/mol. The second-order valence-corrected chi connectivity index (χ2v) is 9.28. The van der Waals surface area contributed by atoms with Gasteiger partial charge in [-0.2, -0.15) is 5.10 Å². The lowest BCUT2D eigenvalue weighted by atomic mass is 9.87. The van der Waals surface area contributed by atoms with E-state index in [4.69, 9.17) is 0 Å². The molecule has 0 saturated heterocycles. The van der Waals surface area contributed by atoms with Crippen LogP contribution in [0.1, 0.15) is 48.5 Å². The summed E-state index contributed by atoms with van der Waals surface area (Å²) in [6, 6.07) is 16.4. The zero-order valence-corrected chi connectivity index (χ0v) is 18.4. The summed E-state index contributed by atoms with van der Waals surface area (Å²) in [4.78, 5) is 25.7. The molecule has 0 saturated carbocycles. The summed E-state index contributed by atoms with van der Waals surface area (Å²) < 4.78 is 3.58. The van der Waals surface area contributed by atoms with Crippen molar-refractivity contribution in [2.24, 2.45) is 0 Å². The molecule has 1 unspecified atom stereocenters.